The van der Waals surface area contributed by atoms with Crippen LogP contribution in [0, 0.1) is 11.3 Å². The van der Waals surface area contributed by atoms with Crippen molar-refractivity contribution in [2.24, 2.45) is 0 Å². The van der Waals surface area contributed by atoms with Crippen molar-refractivity contribution in [1.82, 2.24) is 4.98 Å². The van der Waals surface area contributed by atoms with Gasteiger partial charge in [-0.25, -0.2) is 13.4 Å². The first-order chi connectivity index (χ1) is 9.04. The first-order valence-corrected chi connectivity index (χ1v) is 6.69. The van der Waals surface area contributed by atoms with Gasteiger partial charge in [0.15, 0.2) is 5.69 Å². The molecule has 2 aromatic rings. The Morgan fingerprint density at radius 3 is 2.63 bits per heavy atom. The van der Waals surface area contributed by atoms with Gasteiger partial charge in [0.25, 0.3) is 10.0 Å². The minimum absolute atomic E-state index is 0.0373. The quantitative estimate of drug-likeness (QED) is 0.825. The number of aromatic hydroxyl groups is 1. The number of pyridine rings is 1. The fourth-order valence-corrected chi connectivity index (χ4v) is 2.63. The molecule has 2 rings (SSSR count). The molecule has 7 heteroatoms. The molecule has 1 aromatic carbocycles. The first-order valence-electron chi connectivity index (χ1n) is 5.20. The molecule has 1 heterocycles. The summed E-state index contributed by atoms with van der Waals surface area (Å²) in [4.78, 5) is 3.45. The lowest BCUT2D eigenvalue weighted by Crippen LogP contribution is -2.15. The van der Waals surface area contributed by atoms with E-state index in [0.29, 0.717) is 0 Å². The van der Waals surface area contributed by atoms with Gasteiger partial charge in [0.1, 0.15) is 16.7 Å². The fourth-order valence-electron chi connectivity index (χ4n) is 1.45. The van der Waals surface area contributed by atoms with Crippen LogP contribution in [0.4, 0.5) is 5.69 Å². The second-order valence-electron chi connectivity index (χ2n) is 3.58. The van der Waals surface area contributed by atoms with Gasteiger partial charge in [0.05, 0.1) is 5.69 Å². The molecule has 6 nitrogen and oxygen atoms in total. The van der Waals surface area contributed by atoms with Gasteiger partial charge in [-0.05, 0) is 24.3 Å². The van der Waals surface area contributed by atoms with Crippen LogP contribution in [0.25, 0.3) is 0 Å². The van der Waals surface area contributed by atoms with Gasteiger partial charge in [0, 0.05) is 6.20 Å². The maximum absolute atomic E-state index is 12.1. The minimum Gasteiger partial charge on any atom is -0.506 e. The number of anilines is 1. The van der Waals surface area contributed by atoms with Crippen molar-refractivity contribution in [3.05, 3.63) is 48.3 Å². The molecule has 0 amide bonds. The topological polar surface area (TPSA) is 103 Å². The predicted octanol–water partition coefficient (Wildman–Crippen LogP) is 1.46. The lowest BCUT2D eigenvalue weighted by atomic mass is 10.3. The average molecular weight is 275 g/mol. The van der Waals surface area contributed by atoms with Gasteiger partial charge >= 0.3 is 0 Å². The summed E-state index contributed by atoms with van der Waals surface area (Å²) in [6, 6.07) is 10.3. The predicted molar refractivity (Wildman–Crippen MR) is 67.9 cm³/mol. The zero-order valence-electron chi connectivity index (χ0n) is 9.61. The largest absolute Gasteiger partial charge is 0.506 e. The summed E-state index contributed by atoms with van der Waals surface area (Å²) >= 11 is 0. The van der Waals surface area contributed by atoms with Gasteiger partial charge in [-0.3, -0.25) is 4.72 Å². The van der Waals surface area contributed by atoms with Crippen LogP contribution in [0.3, 0.4) is 0 Å². The van der Waals surface area contributed by atoms with Crippen LogP contribution in [0.1, 0.15) is 5.69 Å². The van der Waals surface area contributed by atoms with Crippen molar-refractivity contribution in [2.45, 2.75) is 4.90 Å². The van der Waals surface area contributed by atoms with Gasteiger partial charge < -0.3 is 5.11 Å². The van der Waals surface area contributed by atoms with E-state index in [1.807, 2.05) is 0 Å². The number of aromatic nitrogens is 1. The van der Waals surface area contributed by atoms with Crippen molar-refractivity contribution in [3.8, 4) is 11.8 Å². The summed E-state index contributed by atoms with van der Waals surface area (Å²) in [6.45, 7) is 0. The molecule has 19 heavy (non-hydrogen) atoms. The monoisotopic (exact) mass is 275 g/mol. The number of rotatable bonds is 3. The number of nitrogens with one attached hydrogen (secondary N) is 1. The summed E-state index contributed by atoms with van der Waals surface area (Å²) < 4.78 is 26.4. The van der Waals surface area contributed by atoms with Crippen molar-refractivity contribution in [2.75, 3.05) is 4.72 Å². The molecule has 2 N–H and O–H groups in total. The molecule has 0 aliphatic heterocycles. The number of phenols is 1. The number of hydrogen-bond donors (Lipinski definition) is 2. The summed E-state index contributed by atoms with van der Waals surface area (Å²) in [5, 5.41) is 18.4. The maximum Gasteiger partial charge on any atom is 0.264 e. The lowest BCUT2D eigenvalue weighted by molar-refractivity contribution is 0.477. The Labute approximate surface area is 110 Å². The van der Waals surface area contributed by atoms with E-state index in [-0.39, 0.29) is 22.0 Å². The van der Waals surface area contributed by atoms with Crippen molar-refractivity contribution in [3.63, 3.8) is 0 Å². The number of hydrogen-bond acceptors (Lipinski definition) is 5. The number of phenolic OH excluding ortho intramolecular Hbond substituents is 1. The number of nitrogens with zero attached hydrogens (tertiary/aromatic N) is 2. The van der Waals surface area contributed by atoms with Crippen LogP contribution in [0.5, 0.6) is 5.75 Å². The number of benzene rings is 1. The molecule has 0 atom stereocenters. The zero-order valence-corrected chi connectivity index (χ0v) is 10.4. The second-order valence-corrected chi connectivity index (χ2v) is 5.24. The zero-order chi connectivity index (χ0) is 13.9. The summed E-state index contributed by atoms with van der Waals surface area (Å²) in [5.74, 6) is -0.200. The third-order valence-corrected chi connectivity index (χ3v) is 3.71. The number of para-hydroxylation sites is 2. The van der Waals surface area contributed by atoms with E-state index < -0.39 is 10.0 Å². The molecule has 0 aliphatic carbocycles. The van der Waals surface area contributed by atoms with E-state index in [9.17, 15) is 13.5 Å². The molecular weight excluding hydrogens is 266 g/mol. The van der Waals surface area contributed by atoms with Crippen molar-refractivity contribution < 1.29 is 13.5 Å². The van der Waals surface area contributed by atoms with Gasteiger partial charge in [0.2, 0.25) is 0 Å². The van der Waals surface area contributed by atoms with E-state index in [0.717, 1.165) is 0 Å². The third kappa shape index (κ3) is 2.64. The number of nitriles is 1. The smallest absolute Gasteiger partial charge is 0.264 e. The molecule has 1 aromatic heterocycles. The molecule has 0 aliphatic rings. The Hall–Kier alpha value is -2.59. The van der Waals surface area contributed by atoms with E-state index in [4.69, 9.17) is 5.26 Å². The standard InChI is InChI=1S/C12H9N3O3S/c13-8-10-12(6-3-7-14-10)19(17,18)15-9-4-1-2-5-11(9)16/h1-7,15-16H. The van der Waals surface area contributed by atoms with E-state index in [1.54, 1.807) is 18.2 Å². The SMILES string of the molecule is N#Cc1ncccc1S(=O)(=O)Nc1ccccc1O. The Kier molecular flexibility index (Phi) is 3.35. The summed E-state index contributed by atoms with van der Waals surface area (Å²) in [7, 11) is -3.97. The van der Waals surface area contributed by atoms with Crippen molar-refractivity contribution in [1.29, 1.82) is 5.26 Å². The van der Waals surface area contributed by atoms with Crippen LogP contribution in [-0.4, -0.2) is 18.5 Å². The lowest BCUT2D eigenvalue weighted by Gasteiger charge is -2.09. The second kappa shape index (κ2) is 4.96. The molecule has 0 saturated carbocycles. The summed E-state index contributed by atoms with van der Waals surface area (Å²) in [6.07, 6.45) is 1.33. The normalized spacial score (nSPS) is 10.7. The highest BCUT2D eigenvalue weighted by Crippen LogP contribution is 2.25. The Morgan fingerprint density at radius 1 is 1.21 bits per heavy atom. The van der Waals surface area contributed by atoms with E-state index in [2.05, 4.69) is 9.71 Å². The van der Waals surface area contributed by atoms with Gasteiger partial charge in [-0.2, -0.15) is 5.26 Å². The Bertz CT molecular complexity index is 751. The van der Waals surface area contributed by atoms with Crippen molar-refractivity contribution >= 4 is 15.7 Å². The highest BCUT2D eigenvalue weighted by molar-refractivity contribution is 7.92. The van der Waals surface area contributed by atoms with Crippen LogP contribution in [0.15, 0.2) is 47.5 Å². The van der Waals surface area contributed by atoms with E-state index in [1.165, 1.54) is 30.5 Å². The van der Waals surface area contributed by atoms with E-state index >= 15 is 0 Å². The average Bonchev–Trinajstić information content (AvgIpc) is 2.41. The van der Waals surface area contributed by atoms with Crippen LogP contribution >= 0.6 is 0 Å². The van der Waals surface area contributed by atoms with Crippen LogP contribution in [-0.2, 0) is 10.0 Å². The molecule has 0 unspecified atom stereocenters. The molecule has 96 valence electrons. The summed E-state index contributed by atoms with van der Waals surface area (Å²) in [5.41, 5.74) is -0.166. The highest BCUT2D eigenvalue weighted by Gasteiger charge is 2.20. The molecule has 0 spiro atoms. The minimum atomic E-state index is -3.97. The Balaban J connectivity index is 2.45. The van der Waals surface area contributed by atoms with Gasteiger partial charge in [-0.1, -0.05) is 12.1 Å². The highest BCUT2D eigenvalue weighted by atomic mass is 32.2. The van der Waals surface area contributed by atoms with Crippen LogP contribution in [0.2, 0.25) is 0 Å². The molecule has 0 radical (unpaired) electrons. The maximum atomic E-state index is 12.1. The first kappa shape index (κ1) is 12.9. The molecule has 0 fully saturated rings. The van der Waals surface area contributed by atoms with Gasteiger partial charge in [-0.15, -0.1) is 0 Å². The molecule has 0 saturated heterocycles. The Morgan fingerprint density at radius 2 is 1.95 bits per heavy atom. The fraction of sp³-hybridized carbons (Fsp3) is 0. The third-order valence-electron chi connectivity index (χ3n) is 2.31. The number of sulfonamides is 1. The molecular formula is C12H9N3O3S. The van der Waals surface area contributed by atoms with Crippen LogP contribution < -0.4 is 4.72 Å². The molecule has 0 bridgehead atoms.